The molecule has 1 fully saturated rings. The van der Waals surface area contributed by atoms with E-state index in [2.05, 4.69) is 4.98 Å². The van der Waals surface area contributed by atoms with Crippen LogP contribution < -0.4 is 14.2 Å². The minimum atomic E-state index is -0.0749. The van der Waals surface area contributed by atoms with E-state index in [1.165, 1.54) is 0 Å². The smallest absolute Gasteiger partial charge is 0.234 e. The van der Waals surface area contributed by atoms with Gasteiger partial charge in [0.1, 0.15) is 5.37 Å². The Bertz CT molecular complexity index is 769. The molecule has 1 unspecified atom stereocenters. The number of fused-ring (bicyclic) bond motifs is 1. The summed E-state index contributed by atoms with van der Waals surface area (Å²) in [6.07, 6.45) is 3.48. The van der Waals surface area contributed by atoms with Crippen LogP contribution in [-0.4, -0.2) is 35.4 Å². The lowest BCUT2D eigenvalue weighted by molar-refractivity contribution is -0.128. The van der Waals surface area contributed by atoms with Crippen LogP contribution >= 0.6 is 11.8 Å². The quantitative estimate of drug-likeness (QED) is 0.850. The van der Waals surface area contributed by atoms with Gasteiger partial charge < -0.3 is 19.1 Å². The molecule has 1 aromatic carbocycles. The Morgan fingerprint density at radius 2 is 2.17 bits per heavy atom. The van der Waals surface area contributed by atoms with Crippen molar-refractivity contribution in [1.82, 2.24) is 9.88 Å². The SMILES string of the molecule is COc1cc(C2SCC(=O)N2Cc2ccncc2)cc2c1OCO2. The van der Waals surface area contributed by atoms with Crippen LogP contribution in [0.5, 0.6) is 17.2 Å². The van der Waals surface area contributed by atoms with E-state index < -0.39 is 0 Å². The normalized spacial score (nSPS) is 19.0. The maximum Gasteiger partial charge on any atom is 0.234 e. The molecule has 1 atom stereocenters. The molecule has 0 N–H and O–H groups in total. The summed E-state index contributed by atoms with van der Waals surface area (Å²) in [6.45, 7) is 0.738. The number of nitrogens with zero attached hydrogens (tertiary/aromatic N) is 2. The third-order valence-corrected chi connectivity index (χ3v) is 5.29. The van der Waals surface area contributed by atoms with Gasteiger partial charge in [0, 0.05) is 18.9 Å². The molecule has 0 spiro atoms. The predicted octanol–water partition coefficient (Wildman–Crippen LogP) is 2.59. The third-order valence-electron chi connectivity index (χ3n) is 4.04. The molecule has 0 radical (unpaired) electrons. The monoisotopic (exact) mass is 344 g/mol. The fourth-order valence-corrected chi connectivity index (χ4v) is 4.05. The lowest BCUT2D eigenvalue weighted by Crippen LogP contribution is -2.27. The second kappa shape index (κ2) is 6.24. The molecule has 6 nitrogen and oxygen atoms in total. The number of carbonyl (C=O) groups excluding carboxylic acids is 1. The molecular weight excluding hydrogens is 328 g/mol. The van der Waals surface area contributed by atoms with Crippen LogP contribution in [0, 0.1) is 0 Å². The second-order valence-electron chi connectivity index (χ2n) is 5.50. The highest BCUT2D eigenvalue weighted by molar-refractivity contribution is 8.00. The van der Waals surface area contributed by atoms with Gasteiger partial charge >= 0.3 is 0 Å². The first-order chi connectivity index (χ1) is 11.8. The Hall–Kier alpha value is -2.41. The molecule has 3 heterocycles. The van der Waals surface area contributed by atoms with E-state index in [1.54, 1.807) is 31.3 Å². The van der Waals surface area contributed by atoms with Crippen LogP contribution in [0.25, 0.3) is 0 Å². The number of benzene rings is 1. The zero-order valence-electron chi connectivity index (χ0n) is 13.1. The van der Waals surface area contributed by atoms with Gasteiger partial charge in [0.25, 0.3) is 0 Å². The number of hydrogen-bond acceptors (Lipinski definition) is 6. The Morgan fingerprint density at radius 3 is 2.96 bits per heavy atom. The van der Waals surface area contributed by atoms with Crippen LogP contribution in [-0.2, 0) is 11.3 Å². The summed E-state index contributed by atoms with van der Waals surface area (Å²) < 4.78 is 16.4. The molecule has 2 aromatic rings. The van der Waals surface area contributed by atoms with Crippen molar-refractivity contribution in [2.45, 2.75) is 11.9 Å². The molecule has 0 saturated carbocycles. The number of methoxy groups -OCH3 is 1. The van der Waals surface area contributed by atoms with Crippen molar-refractivity contribution in [2.75, 3.05) is 19.7 Å². The Balaban J connectivity index is 1.66. The molecule has 0 bridgehead atoms. The van der Waals surface area contributed by atoms with Crippen LogP contribution in [0.3, 0.4) is 0 Å². The van der Waals surface area contributed by atoms with Crippen LogP contribution in [0.4, 0.5) is 0 Å². The van der Waals surface area contributed by atoms with Crippen molar-refractivity contribution in [3.8, 4) is 17.2 Å². The van der Waals surface area contributed by atoms with Gasteiger partial charge in [-0.3, -0.25) is 9.78 Å². The third kappa shape index (κ3) is 2.65. The number of carbonyl (C=O) groups is 1. The van der Waals surface area contributed by atoms with Crippen molar-refractivity contribution < 1.29 is 19.0 Å². The fraction of sp³-hybridized carbons (Fsp3) is 0.294. The zero-order valence-corrected chi connectivity index (χ0v) is 13.9. The van der Waals surface area contributed by atoms with Gasteiger partial charge in [0.15, 0.2) is 11.5 Å². The predicted molar refractivity (Wildman–Crippen MR) is 89.1 cm³/mol. The minimum absolute atomic E-state index is 0.0749. The summed E-state index contributed by atoms with van der Waals surface area (Å²) in [6, 6.07) is 7.70. The van der Waals surface area contributed by atoms with Gasteiger partial charge in [-0.05, 0) is 35.4 Å². The molecule has 24 heavy (non-hydrogen) atoms. The lowest BCUT2D eigenvalue weighted by Gasteiger charge is -2.25. The second-order valence-corrected chi connectivity index (χ2v) is 6.57. The van der Waals surface area contributed by atoms with Gasteiger partial charge in [0.2, 0.25) is 18.4 Å². The summed E-state index contributed by atoms with van der Waals surface area (Å²) in [4.78, 5) is 18.2. The molecule has 1 amide bonds. The number of aromatic nitrogens is 1. The molecule has 1 saturated heterocycles. The Labute approximate surface area is 143 Å². The molecule has 0 aliphatic carbocycles. The number of pyridine rings is 1. The van der Waals surface area contributed by atoms with Crippen LogP contribution in [0.15, 0.2) is 36.7 Å². The van der Waals surface area contributed by atoms with E-state index in [0.717, 1.165) is 11.1 Å². The largest absolute Gasteiger partial charge is 0.493 e. The Kier molecular flexibility index (Phi) is 3.93. The topological polar surface area (TPSA) is 60.9 Å². The van der Waals surface area contributed by atoms with E-state index in [1.807, 2.05) is 29.2 Å². The molecule has 1 aromatic heterocycles. The van der Waals surface area contributed by atoms with Gasteiger partial charge in [-0.25, -0.2) is 0 Å². The number of thioether (sulfide) groups is 1. The van der Waals surface area contributed by atoms with E-state index in [9.17, 15) is 4.79 Å². The summed E-state index contributed by atoms with van der Waals surface area (Å²) >= 11 is 1.60. The first kappa shape index (κ1) is 15.1. The summed E-state index contributed by atoms with van der Waals surface area (Å²) in [7, 11) is 1.60. The number of ether oxygens (including phenoxy) is 3. The van der Waals surface area contributed by atoms with E-state index in [0.29, 0.717) is 29.5 Å². The number of amides is 1. The van der Waals surface area contributed by atoms with Gasteiger partial charge in [-0.1, -0.05) is 0 Å². The summed E-state index contributed by atoms with van der Waals surface area (Å²) in [5.74, 6) is 2.50. The highest BCUT2D eigenvalue weighted by Crippen LogP contribution is 2.47. The van der Waals surface area contributed by atoms with Crippen molar-refractivity contribution in [1.29, 1.82) is 0 Å². The maximum atomic E-state index is 12.4. The summed E-state index contributed by atoms with van der Waals surface area (Å²) in [5.41, 5.74) is 2.03. The minimum Gasteiger partial charge on any atom is -0.493 e. The van der Waals surface area contributed by atoms with Crippen molar-refractivity contribution in [3.05, 3.63) is 47.8 Å². The number of rotatable bonds is 4. The lowest BCUT2D eigenvalue weighted by atomic mass is 10.1. The first-order valence-electron chi connectivity index (χ1n) is 7.54. The van der Waals surface area contributed by atoms with Gasteiger partial charge in [0.05, 0.1) is 12.9 Å². The van der Waals surface area contributed by atoms with Crippen LogP contribution in [0.1, 0.15) is 16.5 Å². The van der Waals surface area contributed by atoms with E-state index in [4.69, 9.17) is 14.2 Å². The summed E-state index contributed by atoms with van der Waals surface area (Å²) in [5, 5.41) is -0.0749. The van der Waals surface area contributed by atoms with Crippen molar-refractivity contribution >= 4 is 17.7 Å². The average Bonchev–Trinajstić information content (AvgIpc) is 3.22. The van der Waals surface area contributed by atoms with Gasteiger partial charge in [-0.2, -0.15) is 0 Å². The maximum absolute atomic E-state index is 12.4. The zero-order chi connectivity index (χ0) is 16.5. The van der Waals surface area contributed by atoms with E-state index in [-0.39, 0.29) is 18.1 Å². The molecule has 4 rings (SSSR count). The number of hydrogen-bond donors (Lipinski definition) is 0. The molecule has 124 valence electrons. The fourth-order valence-electron chi connectivity index (χ4n) is 2.88. The molecule has 2 aliphatic rings. The molecule has 2 aliphatic heterocycles. The van der Waals surface area contributed by atoms with Crippen molar-refractivity contribution in [2.24, 2.45) is 0 Å². The van der Waals surface area contributed by atoms with Gasteiger partial charge in [-0.15, -0.1) is 11.8 Å². The molecule has 7 heteroatoms. The van der Waals surface area contributed by atoms with Crippen LogP contribution in [0.2, 0.25) is 0 Å². The standard InChI is InChI=1S/C17H16N2O4S/c1-21-13-6-12(7-14-16(13)23-10-22-14)17-19(15(20)9-24-17)8-11-2-4-18-5-3-11/h2-7,17H,8-10H2,1H3. The molecular formula is C17H16N2O4S. The van der Waals surface area contributed by atoms with E-state index >= 15 is 0 Å². The Morgan fingerprint density at radius 1 is 1.33 bits per heavy atom. The first-order valence-corrected chi connectivity index (χ1v) is 8.58. The highest BCUT2D eigenvalue weighted by atomic mass is 32.2. The highest BCUT2D eigenvalue weighted by Gasteiger charge is 2.34. The van der Waals surface area contributed by atoms with Crippen molar-refractivity contribution in [3.63, 3.8) is 0 Å². The average molecular weight is 344 g/mol.